The molecule has 2 heterocycles. The van der Waals surface area contributed by atoms with Gasteiger partial charge in [-0.05, 0) is 42.1 Å². The predicted octanol–water partition coefficient (Wildman–Crippen LogP) is -0.871. The lowest BCUT2D eigenvalue weighted by molar-refractivity contribution is -0.347. The van der Waals surface area contributed by atoms with Crippen molar-refractivity contribution >= 4 is 11.0 Å². The number of aryl methyl sites for hydroxylation is 3. The Morgan fingerprint density at radius 1 is 1.05 bits per heavy atom. The molecule has 0 aliphatic rings. The maximum Gasteiger partial charge on any atom is 0.335 e. The van der Waals surface area contributed by atoms with E-state index in [9.17, 15) is 4.79 Å². The van der Waals surface area contributed by atoms with E-state index in [2.05, 4.69) is 9.97 Å². The van der Waals surface area contributed by atoms with E-state index in [1.165, 1.54) is 0 Å². The van der Waals surface area contributed by atoms with Crippen LogP contribution in [-0.2, 0) is 0 Å². The summed E-state index contributed by atoms with van der Waals surface area (Å²) in [6, 6.07) is 9.63. The number of halogens is 1. The van der Waals surface area contributed by atoms with Crippen molar-refractivity contribution in [1.82, 2.24) is 9.55 Å². The maximum absolute atomic E-state index is 12.8. The molecule has 0 fully saturated rings. The number of pyridine rings is 1. The zero-order valence-corrected chi connectivity index (χ0v) is 12.9. The molecule has 0 unspecified atom stereocenters. The first-order valence-corrected chi connectivity index (χ1v) is 6.56. The highest BCUT2D eigenvalue weighted by Crippen LogP contribution is 2.18. The van der Waals surface area contributed by atoms with Gasteiger partial charge < -0.3 is 12.4 Å². The molecule has 0 bridgehead atoms. The Balaban J connectivity index is 0.00000161. The number of hydrogen-bond donors (Lipinski definition) is 0. The molecule has 21 heavy (non-hydrogen) atoms. The third-order valence-electron chi connectivity index (χ3n) is 3.53. The zero-order chi connectivity index (χ0) is 14.3. The van der Waals surface area contributed by atoms with Crippen LogP contribution in [0.5, 0.6) is 0 Å². The van der Waals surface area contributed by atoms with Gasteiger partial charge >= 0.3 is 5.65 Å². The van der Waals surface area contributed by atoms with Gasteiger partial charge in [0.2, 0.25) is 5.82 Å². The van der Waals surface area contributed by atoms with Crippen LogP contribution in [0.2, 0.25) is 0 Å². The highest BCUT2D eigenvalue weighted by atomic mass is 35.5. The summed E-state index contributed by atoms with van der Waals surface area (Å²) in [6.45, 7) is 5.87. The molecule has 1 aromatic carbocycles. The van der Waals surface area contributed by atoms with Gasteiger partial charge in [-0.2, -0.15) is 0 Å². The number of nitrogens with one attached hydrogen (secondary N) is 1. The monoisotopic (exact) mass is 301 g/mol. The van der Waals surface area contributed by atoms with Crippen molar-refractivity contribution in [2.45, 2.75) is 20.8 Å². The highest BCUT2D eigenvalue weighted by molar-refractivity contribution is 5.70. The Morgan fingerprint density at radius 2 is 1.71 bits per heavy atom. The summed E-state index contributed by atoms with van der Waals surface area (Å²) in [6.07, 6.45) is 1.78. The summed E-state index contributed by atoms with van der Waals surface area (Å²) in [5.74, 6) is 0.683. The highest BCUT2D eigenvalue weighted by Gasteiger charge is 2.18. The van der Waals surface area contributed by atoms with Crippen molar-refractivity contribution in [3.63, 3.8) is 0 Å². The van der Waals surface area contributed by atoms with Crippen LogP contribution >= 0.6 is 0 Å². The molecule has 3 aromatic rings. The van der Waals surface area contributed by atoms with Gasteiger partial charge in [0.25, 0.3) is 5.56 Å². The van der Waals surface area contributed by atoms with Crippen molar-refractivity contribution < 1.29 is 17.4 Å². The van der Waals surface area contributed by atoms with E-state index in [0.717, 1.165) is 16.8 Å². The Labute approximate surface area is 128 Å². The molecule has 0 radical (unpaired) electrons. The van der Waals surface area contributed by atoms with Crippen molar-refractivity contribution in [2.75, 3.05) is 0 Å². The van der Waals surface area contributed by atoms with E-state index in [0.29, 0.717) is 16.9 Å². The average Bonchev–Trinajstić information content (AvgIpc) is 2.42. The van der Waals surface area contributed by atoms with E-state index < -0.39 is 0 Å². The van der Waals surface area contributed by atoms with Crippen molar-refractivity contribution in [3.8, 4) is 5.69 Å². The lowest BCUT2D eigenvalue weighted by Gasteiger charge is -2.12. The topological polar surface area (TPSA) is 49.0 Å². The van der Waals surface area contributed by atoms with Gasteiger partial charge in [-0.1, -0.05) is 18.2 Å². The third kappa shape index (κ3) is 2.43. The summed E-state index contributed by atoms with van der Waals surface area (Å²) in [4.78, 5) is 20.3. The smallest absolute Gasteiger partial charge is 0.335 e. The minimum atomic E-state index is -0.0400. The number of rotatable bonds is 1. The summed E-state index contributed by atoms with van der Waals surface area (Å²) < 4.78 is 1.70. The van der Waals surface area contributed by atoms with E-state index in [1.54, 1.807) is 16.8 Å². The Morgan fingerprint density at radius 3 is 2.38 bits per heavy atom. The Bertz CT molecular complexity index is 851. The Hall–Kier alpha value is -2.20. The first-order valence-electron chi connectivity index (χ1n) is 6.56. The van der Waals surface area contributed by atoms with Crippen LogP contribution in [0, 0.1) is 20.8 Å². The van der Waals surface area contributed by atoms with Crippen LogP contribution in [0.25, 0.3) is 16.7 Å². The number of fused-ring (bicyclic) bond motifs is 1. The lowest BCUT2D eigenvalue weighted by atomic mass is 10.1. The fraction of sp³-hybridized carbons (Fsp3) is 0.188. The van der Waals surface area contributed by atoms with Crippen LogP contribution < -0.4 is 23.0 Å². The third-order valence-corrected chi connectivity index (χ3v) is 3.53. The number of benzene rings is 1. The molecule has 1 N–H and O–H groups in total. The molecule has 0 aliphatic carbocycles. The van der Waals surface area contributed by atoms with Gasteiger partial charge in [0.1, 0.15) is 5.39 Å². The predicted molar refractivity (Wildman–Crippen MR) is 78.1 cm³/mol. The average molecular weight is 302 g/mol. The molecule has 108 valence electrons. The summed E-state index contributed by atoms with van der Waals surface area (Å²) in [5, 5.41) is 0.598. The normalized spacial score (nSPS) is 10.4. The lowest BCUT2D eigenvalue weighted by Crippen LogP contribution is -3.00. The maximum atomic E-state index is 12.8. The van der Waals surface area contributed by atoms with E-state index in [-0.39, 0.29) is 18.0 Å². The van der Waals surface area contributed by atoms with Gasteiger partial charge in [0, 0.05) is 6.92 Å². The van der Waals surface area contributed by atoms with E-state index in [1.807, 2.05) is 45.0 Å². The van der Waals surface area contributed by atoms with Crippen LogP contribution in [0.3, 0.4) is 0 Å². The fourth-order valence-corrected chi connectivity index (χ4v) is 2.59. The Kier molecular flexibility index (Phi) is 4.09. The minimum absolute atomic E-state index is 0. The van der Waals surface area contributed by atoms with Gasteiger partial charge in [0.05, 0.1) is 11.9 Å². The number of aromatic amines is 1. The molecule has 0 spiro atoms. The van der Waals surface area contributed by atoms with E-state index in [4.69, 9.17) is 0 Å². The standard InChI is InChI=1S/C16H15N3O.ClH/c1-10-6-4-7-11(2)14(10)19-12(3)18-15-13(16(19)20)8-5-9-17-15;/h4-9H,1-3H3;1H. The molecule has 0 saturated heterocycles. The molecule has 3 rings (SSSR count). The van der Waals surface area contributed by atoms with Crippen LogP contribution in [-0.4, -0.2) is 9.55 Å². The van der Waals surface area contributed by atoms with Gasteiger partial charge in [-0.15, -0.1) is 0 Å². The summed E-state index contributed by atoms with van der Waals surface area (Å²) in [5.41, 5.74) is 3.64. The molecular formula is C16H16ClN3O. The van der Waals surface area contributed by atoms with Crippen molar-refractivity contribution in [2.24, 2.45) is 0 Å². The largest absolute Gasteiger partial charge is 1.00 e. The molecule has 5 heteroatoms. The molecular weight excluding hydrogens is 286 g/mol. The van der Waals surface area contributed by atoms with E-state index >= 15 is 0 Å². The number of aromatic nitrogens is 3. The second kappa shape index (κ2) is 5.66. The quantitative estimate of drug-likeness (QED) is 0.587. The number of H-pyrrole nitrogens is 1. The molecule has 0 aliphatic heterocycles. The summed E-state index contributed by atoms with van der Waals surface area (Å²) in [7, 11) is 0. The second-order valence-corrected chi connectivity index (χ2v) is 4.97. The molecule has 0 saturated carbocycles. The number of hydrogen-bond acceptors (Lipinski definition) is 2. The SMILES string of the molecule is Cc1cccc(C)c1-n1c(C)nc2[nH+]cccc2c1=O.[Cl-]. The van der Waals surface area contributed by atoms with Gasteiger partial charge in [0.15, 0.2) is 0 Å². The minimum Gasteiger partial charge on any atom is -1.00 e. The van der Waals surface area contributed by atoms with Crippen LogP contribution in [0.4, 0.5) is 0 Å². The zero-order valence-electron chi connectivity index (χ0n) is 12.1. The van der Waals surface area contributed by atoms with Gasteiger partial charge in [-0.25, -0.2) is 9.55 Å². The van der Waals surface area contributed by atoms with Crippen molar-refractivity contribution in [1.29, 1.82) is 0 Å². The second-order valence-electron chi connectivity index (χ2n) is 4.97. The summed E-state index contributed by atoms with van der Waals surface area (Å²) >= 11 is 0. The molecule has 2 aromatic heterocycles. The molecule has 0 amide bonds. The first-order chi connectivity index (χ1) is 9.59. The fourth-order valence-electron chi connectivity index (χ4n) is 2.59. The van der Waals surface area contributed by atoms with Crippen molar-refractivity contribution in [3.05, 3.63) is 63.8 Å². The molecule has 4 nitrogen and oxygen atoms in total. The number of nitrogens with zero attached hydrogens (tertiary/aromatic N) is 2. The number of para-hydroxylation sites is 1. The van der Waals surface area contributed by atoms with Gasteiger partial charge in [-0.3, -0.25) is 4.79 Å². The first kappa shape index (κ1) is 15.2. The van der Waals surface area contributed by atoms with Crippen LogP contribution in [0.1, 0.15) is 17.0 Å². The molecule has 0 atom stereocenters. The van der Waals surface area contributed by atoms with Crippen LogP contribution in [0.15, 0.2) is 41.3 Å².